The first-order valence-corrected chi connectivity index (χ1v) is 6.41. The van der Waals surface area contributed by atoms with E-state index in [2.05, 4.69) is 13.8 Å². The molecule has 0 aromatic heterocycles. The monoisotopic (exact) mass is 250 g/mol. The Labute approximate surface area is 109 Å². The molecule has 1 unspecified atom stereocenters. The number of phenols is 1. The van der Waals surface area contributed by atoms with Gasteiger partial charge in [-0.15, -0.1) is 0 Å². The highest BCUT2D eigenvalue weighted by Crippen LogP contribution is 2.24. The Kier molecular flexibility index (Phi) is 5.20. The van der Waals surface area contributed by atoms with Crippen molar-refractivity contribution in [2.75, 3.05) is 0 Å². The van der Waals surface area contributed by atoms with E-state index in [0.717, 1.165) is 6.42 Å². The highest BCUT2D eigenvalue weighted by atomic mass is 16.5. The van der Waals surface area contributed by atoms with Gasteiger partial charge in [0.25, 0.3) is 0 Å². The van der Waals surface area contributed by atoms with E-state index in [9.17, 15) is 4.79 Å². The van der Waals surface area contributed by atoms with Gasteiger partial charge in [-0.1, -0.05) is 27.7 Å². The summed E-state index contributed by atoms with van der Waals surface area (Å²) < 4.78 is 5.34. The van der Waals surface area contributed by atoms with Crippen LogP contribution in [0, 0.1) is 17.8 Å². The van der Waals surface area contributed by atoms with Crippen molar-refractivity contribution in [2.24, 2.45) is 17.8 Å². The van der Waals surface area contributed by atoms with Gasteiger partial charge in [0.2, 0.25) is 0 Å². The molecule has 3 nitrogen and oxygen atoms in total. The zero-order chi connectivity index (χ0) is 13.7. The highest BCUT2D eigenvalue weighted by molar-refractivity contribution is 5.75. The highest BCUT2D eigenvalue weighted by Gasteiger charge is 2.25. The summed E-state index contributed by atoms with van der Waals surface area (Å²) in [7, 11) is 0. The Balaban J connectivity index is 2.69. The molecule has 0 aliphatic heterocycles. The molecule has 0 amide bonds. The van der Waals surface area contributed by atoms with Crippen LogP contribution in [0.3, 0.4) is 0 Å². The molecule has 0 radical (unpaired) electrons. The van der Waals surface area contributed by atoms with E-state index in [0.29, 0.717) is 11.7 Å². The summed E-state index contributed by atoms with van der Waals surface area (Å²) in [6.45, 7) is 8.27. The van der Waals surface area contributed by atoms with Crippen LogP contribution in [0.1, 0.15) is 34.1 Å². The Bertz CT molecular complexity index is 379. The maximum Gasteiger partial charge on any atom is 0.314 e. The van der Waals surface area contributed by atoms with E-state index < -0.39 is 0 Å². The Morgan fingerprint density at radius 1 is 1.17 bits per heavy atom. The number of carbonyl (C=O) groups is 1. The van der Waals surface area contributed by atoms with Crippen LogP contribution in [0.2, 0.25) is 0 Å². The number of phenolic OH excluding ortho intramolecular Hbond substituents is 1. The topological polar surface area (TPSA) is 46.5 Å². The van der Waals surface area contributed by atoms with Crippen molar-refractivity contribution >= 4 is 5.97 Å². The summed E-state index contributed by atoms with van der Waals surface area (Å²) in [5.41, 5.74) is 0. The molecule has 0 aliphatic carbocycles. The van der Waals surface area contributed by atoms with Gasteiger partial charge in [0.1, 0.15) is 11.5 Å². The molecule has 1 aromatic carbocycles. The number of rotatable bonds is 5. The normalized spacial score (nSPS) is 12.8. The summed E-state index contributed by atoms with van der Waals surface area (Å²) >= 11 is 0. The zero-order valence-electron chi connectivity index (χ0n) is 11.5. The number of aromatic hydroxyl groups is 1. The predicted molar refractivity (Wildman–Crippen MR) is 71.5 cm³/mol. The predicted octanol–water partition coefficient (Wildman–Crippen LogP) is 3.62. The van der Waals surface area contributed by atoms with Crippen LogP contribution < -0.4 is 4.74 Å². The van der Waals surface area contributed by atoms with Crippen LogP contribution in [0.15, 0.2) is 24.3 Å². The fourth-order valence-corrected chi connectivity index (χ4v) is 1.85. The number of carbonyl (C=O) groups excluding carboxylic acids is 1. The van der Waals surface area contributed by atoms with Crippen molar-refractivity contribution in [3.8, 4) is 11.5 Å². The lowest BCUT2D eigenvalue weighted by molar-refractivity contribution is -0.141. The van der Waals surface area contributed by atoms with Gasteiger partial charge >= 0.3 is 5.97 Å². The molecule has 18 heavy (non-hydrogen) atoms. The van der Waals surface area contributed by atoms with Crippen molar-refractivity contribution in [3.05, 3.63) is 24.3 Å². The van der Waals surface area contributed by atoms with Crippen LogP contribution in [0.25, 0.3) is 0 Å². The molecule has 0 saturated carbocycles. The molecule has 0 bridgehead atoms. The summed E-state index contributed by atoms with van der Waals surface area (Å²) in [6.07, 6.45) is 0.828. The third kappa shape index (κ3) is 4.40. The van der Waals surface area contributed by atoms with E-state index in [1.165, 1.54) is 12.1 Å². The average molecular weight is 250 g/mol. The second-order valence-corrected chi connectivity index (χ2v) is 5.40. The molecule has 1 aromatic rings. The maximum absolute atomic E-state index is 12.1. The first-order valence-electron chi connectivity index (χ1n) is 6.41. The second kappa shape index (κ2) is 6.43. The van der Waals surface area contributed by atoms with E-state index in [1.807, 2.05) is 13.8 Å². The minimum atomic E-state index is -0.190. The van der Waals surface area contributed by atoms with Crippen molar-refractivity contribution in [3.63, 3.8) is 0 Å². The minimum Gasteiger partial charge on any atom is -0.508 e. The molecular weight excluding hydrogens is 228 g/mol. The zero-order valence-corrected chi connectivity index (χ0v) is 11.5. The Morgan fingerprint density at radius 2 is 1.72 bits per heavy atom. The summed E-state index contributed by atoms with van der Waals surface area (Å²) in [5.74, 6) is 1.09. The molecule has 0 aliphatic rings. The number of ether oxygens (including phenoxy) is 1. The van der Waals surface area contributed by atoms with Crippen LogP contribution in [0.5, 0.6) is 11.5 Å². The van der Waals surface area contributed by atoms with Crippen LogP contribution in [0.4, 0.5) is 0 Å². The molecule has 0 fully saturated rings. The summed E-state index contributed by atoms with van der Waals surface area (Å²) in [4.78, 5) is 12.1. The standard InChI is InChI=1S/C15H22O3/c1-10(2)9-14(11(3)4)15(17)18-13-7-5-12(16)6-8-13/h5-8,10-11,14,16H,9H2,1-4H3. The van der Waals surface area contributed by atoms with Crippen molar-refractivity contribution < 1.29 is 14.6 Å². The summed E-state index contributed by atoms with van der Waals surface area (Å²) in [5, 5.41) is 9.17. The fourth-order valence-electron chi connectivity index (χ4n) is 1.85. The molecule has 3 heteroatoms. The number of hydrogen-bond donors (Lipinski definition) is 1. The van der Waals surface area contributed by atoms with Crippen molar-refractivity contribution in [1.82, 2.24) is 0 Å². The van der Waals surface area contributed by atoms with E-state index in [-0.39, 0.29) is 23.6 Å². The molecule has 0 saturated heterocycles. The lowest BCUT2D eigenvalue weighted by Gasteiger charge is -2.20. The number of hydrogen-bond acceptors (Lipinski definition) is 3. The maximum atomic E-state index is 12.1. The number of esters is 1. The number of benzene rings is 1. The summed E-state index contributed by atoms with van der Waals surface area (Å²) in [6, 6.07) is 6.21. The fraction of sp³-hybridized carbons (Fsp3) is 0.533. The van der Waals surface area contributed by atoms with Gasteiger partial charge in [0, 0.05) is 0 Å². The van der Waals surface area contributed by atoms with Gasteiger partial charge < -0.3 is 9.84 Å². The van der Waals surface area contributed by atoms with Gasteiger partial charge in [-0.2, -0.15) is 0 Å². The Hall–Kier alpha value is -1.51. The van der Waals surface area contributed by atoms with Gasteiger partial charge in [-0.3, -0.25) is 4.79 Å². The van der Waals surface area contributed by atoms with E-state index in [4.69, 9.17) is 9.84 Å². The minimum absolute atomic E-state index is 0.0844. The molecule has 1 atom stereocenters. The van der Waals surface area contributed by atoms with Crippen LogP contribution >= 0.6 is 0 Å². The van der Waals surface area contributed by atoms with Gasteiger partial charge in [-0.25, -0.2) is 0 Å². The van der Waals surface area contributed by atoms with E-state index in [1.54, 1.807) is 12.1 Å². The van der Waals surface area contributed by atoms with E-state index >= 15 is 0 Å². The smallest absolute Gasteiger partial charge is 0.314 e. The lowest BCUT2D eigenvalue weighted by Crippen LogP contribution is -2.26. The lowest BCUT2D eigenvalue weighted by atomic mass is 9.88. The Morgan fingerprint density at radius 3 is 2.17 bits per heavy atom. The molecule has 100 valence electrons. The quantitative estimate of drug-likeness (QED) is 0.641. The van der Waals surface area contributed by atoms with Gasteiger partial charge in [0.05, 0.1) is 5.92 Å². The van der Waals surface area contributed by atoms with Gasteiger partial charge in [0.15, 0.2) is 0 Å². The molecule has 0 heterocycles. The van der Waals surface area contributed by atoms with Crippen LogP contribution in [-0.2, 0) is 4.79 Å². The molecule has 1 N–H and O–H groups in total. The average Bonchev–Trinajstić information content (AvgIpc) is 2.28. The third-order valence-electron chi connectivity index (χ3n) is 2.89. The first kappa shape index (κ1) is 14.6. The van der Waals surface area contributed by atoms with Crippen LogP contribution in [-0.4, -0.2) is 11.1 Å². The largest absolute Gasteiger partial charge is 0.508 e. The van der Waals surface area contributed by atoms with Gasteiger partial charge in [-0.05, 0) is 42.5 Å². The first-order chi connectivity index (χ1) is 8.40. The second-order valence-electron chi connectivity index (χ2n) is 5.40. The van der Waals surface area contributed by atoms with Crippen molar-refractivity contribution in [1.29, 1.82) is 0 Å². The van der Waals surface area contributed by atoms with Crippen molar-refractivity contribution in [2.45, 2.75) is 34.1 Å². The molecule has 0 spiro atoms. The third-order valence-corrected chi connectivity index (χ3v) is 2.89. The molecular formula is C15H22O3. The SMILES string of the molecule is CC(C)CC(C(=O)Oc1ccc(O)cc1)C(C)C. The molecule has 1 rings (SSSR count).